The van der Waals surface area contributed by atoms with Gasteiger partial charge in [-0.15, -0.1) is 0 Å². The lowest BCUT2D eigenvalue weighted by atomic mass is 9.79. The first-order chi connectivity index (χ1) is 13.9. The molecule has 0 aliphatic carbocycles. The van der Waals surface area contributed by atoms with E-state index in [9.17, 15) is 26.7 Å². The normalized spacial score (nSPS) is 14.0. The van der Waals surface area contributed by atoms with E-state index < -0.39 is 26.8 Å². The Bertz CT molecular complexity index is 1190. The number of rotatable bonds is 8. The Labute approximate surface area is 177 Å². The van der Waals surface area contributed by atoms with Crippen LogP contribution in [0, 0.1) is 0 Å². The lowest BCUT2D eigenvalue weighted by Crippen LogP contribution is -2.28. The summed E-state index contributed by atoms with van der Waals surface area (Å²) in [4.78, 5) is 11.5. The third kappa shape index (κ3) is 5.57. The molecule has 1 N–H and O–H groups in total. The minimum Gasteiger partial charge on any atom is -0.423 e. The SMILES string of the molecule is CC(=O)Cc1ccc(S(=O)(=O)Cc2ccc3c(c2)B(O)OC3)c(CCS(C)(=O)=O)c1. The molecule has 0 atom stereocenters. The van der Waals surface area contributed by atoms with Crippen molar-refractivity contribution in [2.24, 2.45) is 0 Å². The van der Waals surface area contributed by atoms with Crippen molar-refractivity contribution in [1.82, 2.24) is 0 Å². The first-order valence-corrected chi connectivity index (χ1v) is 13.1. The van der Waals surface area contributed by atoms with Gasteiger partial charge in [0.25, 0.3) is 0 Å². The third-order valence-corrected chi connectivity index (χ3v) is 7.61. The summed E-state index contributed by atoms with van der Waals surface area (Å²) in [5, 5.41) is 9.86. The Balaban J connectivity index is 1.95. The fraction of sp³-hybridized carbons (Fsp3) is 0.350. The third-order valence-electron chi connectivity index (χ3n) is 4.88. The van der Waals surface area contributed by atoms with Gasteiger partial charge in [-0.2, -0.15) is 0 Å². The zero-order valence-corrected chi connectivity index (χ0v) is 18.4. The summed E-state index contributed by atoms with van der Waals surface area (Å²) in [6, 6.07) is 9.65. The van der Waals surface area contributed by atoms with E-state index >= 15 is 0 Å². The number of Topliss-reactive ketones (excluding diaryl/α,β-unsaturated/α-hetero) is 1. The van der Waals surface area contributed by atoms with Crippen LogP contribution in [-0.4, -0.2) is 46.8 Å². The van der Waals surface area contributed by atoms with Crippen LogP contribution in [0.5, 0.6) is 0 Å². The van der Waals surface area contributed by atoms with Crippen molar-refractivity contribution in [2.45, 2.75) is 37.0 Å². The van der Waals surface area contributed by atoms with Gasteiger partial charge in [-0.1, -0.05) is 30.3 Å². The van der Waals surface area contributed by atoms with E-state index in [1.165, 1.54) is 13.0 Å². The van der Waals surface area contributed by atoms with E-state index in [0.717, 1.165) is 11.8 Å². The van der Waals surface area contributed by atoms with Gasteiger partial charge < -0.3 is 9.68 Å². The van der Waals surface area contributed by atoms with Crippen molar-refractivity contribution in [3.63, 3.8) is 0 Å². The lowest BCUT2D eigenvalue weighted by Gasteiger charge is -2.13. The highest BCUT2D eigenvalue weighted by molar-refractivity contribution is 7.91. The molecule has 0 amide bonds. The molecule has 1 aliphatic rings. The van der Waals surface area contributed by atoms with Gasteiger partial charge in [0, 0.05) is 12.7 Å². The molecule has 0 saturated carbocycles. The molecule has 0 aromatic heterocycles. The number of fused-ring (bicyclic) bond motifs is 1. The average Bonchev–Trinajstić information content (AvgIpc) is 2.99. The Morgan fingerprint density at radius 2 is 1.80 bits per heavy atom. The summed E-state index contributed by atoms with van der Waals surface area (Å²) < 4.78 is 54.7. The number of aryl methyl sites for hydroxylation is 1. The number of benzene rings is 2. The van der Waals surface area contributed by atoms with Gasteiger partial charge in [0.05, 0.1) is 23.0 Å². The molecule has 0 saturated heterocycles. The van der Waals surface area contributed by atoms with Gasteiger partial charge in [-0.05, 0) is 47.1 Å². The summed E-state index contributed by atoms with van der Waals surface area (Å²) in [6.45, 7) is 1.71. The second kappa shape index (κ2) is 8.62. The van der Waals surface area contributed by atoms with Crippen LogP contribution in [0.15, 0.2) is 41.3 Å². The summed E-state index contributed by atoms with van der Waals surface area (Å²) in [7, 11) is -8.16. The molecule has 1 heterocycles. The fourth-order valence-electron chi connectivity index (χ4n) is 3.48. The van der Waals surface area contributed by atoms with Crippen LogP contribution in [-0.2, 0) is 54.3 Å². The van der Waals surface area contributed by atoms with E-state index in [1.807, 2.05) is 0 Å². The second-order valence-electron chi connectivity index (χ2n) is 7.66. The van der Waals surface area contributed by atoms with Crippen molar-refractivity contribution in [3.05, 3.63) is 58.7 Å². The molecule has 7 nitrogen and oxygen atoms in total. The quantitative estimate of drug-likeness (QED) is 0.586. The molecule has 0 bridgehead atoms. The van der Waals surface area contributed by atoms with Crippen LogP contribution in [0.4, 0.5) is 0 Å². The summed E-state index contributed by atoms with van der Waals surface area (Å²) >= 11 is 0. The highest BCUT2D eigenvalue weighted by atomic mass is 32.2. The molecule has 1 aliphatic heterocycles. The molecular weight excluding hydrogens is 427 g/mol. The van der Waals surface area contributed by atoms with Crippen molar-refractivity contribution >= 4 is 38.0 Å². The smallest absolute Gasteiger partial charge is 0.423 e. The molecule has 0 fully saturated rings. The Morgan fingerprint density at radius 1 is 1.10 bits per heavy atom. The maximum Gasteiger partial charge on any atom is 0.491 e. The maximum absolute atomic E-state index is 13.2. The summed E-state index contributed by atoms with van der Waals surface area (Å²) in [6.07, 6.45) is 1.28. The van der Waals surface area contributed by atoms with E-state index in [-0.39, 0.29) is 41.6 Å². The zero-order chi connectivity index (χ0) is 22.1. The van der Waals surface area contributed by atoms with Crippen molar-refractivity contribution in [2.75, 3.05) is 12.0 Å². The van der Waals surface area contributed by atoms with E-state index in [1.54, 1.807) is 30.3 Å². The summed E-state index contributed by atoms with van der Waals surface area (Å²) in [5.74, 6) is -0.564. The van der Waals surface area contributed by atoms with Gasteiger partial charge in [-0.25, -0.2) is 16.8 Å². The van der Waals surface area contributed by atoms with Crippen molar-refractivity contribution < 1.29 is 31.3 Å². The topological polar surface area (TPSA) is 115 Å². The van der Waals surface area contributed by atoms with Gasteiger partial charge in [0.15, 0.2) is 9.84 Å². The molecular formula is C20H23BO7S2. The van der Waals surface area contributed by atoms with Gasteiger partial charge in [-0.3, -0.25) is 4.79 Å². The molecule has 160 valence electrons. The minimum atomic E-state index is -3.79. The first-order valence-electron chi connectivity index (χ1n) is 9.38. The first kappa shape index (κ1) is 22.7. The monoisotopic (exact) mass is 450 g/mol. The number of hydrogen-bond donors (Lipinski definition) is 1. The molecule has 3 rings (SSSR count). The highest BCUT2D eigenvalue weighted by Gasteiger charge is 2.28. The molecule has 0 radical (unpaired) electrons. The Morgan fingerprint density at radius 3 is 2.47 bits per heavy atom. The van der Waals surface area contributed by atoms with Crippen molar-refractivity contribution in [1.29, 1.82) is 0 Å². The number of sulfone groups is 2. The number of hydrogen-bond acceptors (Lipinski definition) is 7. The van der Waals surface area contributed by atoms with Gasteiger partial charge >= 0.3 is 7.12 Å². The number of carbonyl (C=O) groups excluding carboxylic acids is 1. The molecule has 0 spiro atoms. The maximum atomic E-state index is 13.2. The molecule has 0 unspecified atom stereocenters. The van der Waals surface area contributed by atoms with Gasteiger partial charge in [0.1, 0.15) is 15.6 Å². The predicted octanol–water partition coefficient (Wildman–Crippen LogP) is 0.597. The largest absolute Gasteiger partial charge is 0.491 e. The van der Waals surface area contributed by atoms with E-state index in [0.29, 0.717) is 22.2 Å². The minimum absolute atomic E-state index is 0.0376. The van der Waals surface area contributed by atoms with Crippen LogP contribution in [0.2, 0.25) is 0 Å². The average molecular weight is 450 g/mol. The predicted molar refractivity (Wildman–Crippen MR) is 114 cm³/mol. The second-order valence-corrected chi connectivity index (χ2v) is 11.9. The van der Waals surface area contributed by atoms with Crippen LogP contribution in [0.1, 0.15) is 29.2 Å². The van der Waals surface area contributed by atoms with Crippen molar-refractivity contribution in [3.8, 4) is 0 Å². The zero-order valence-electron chi connectivity index (χ0n) is 16.8. The van der Waals surface area contributed by atoms with Crippen LogP contribution >= 0.6 is 0 Å². The molecule has 2 aromatic rings. The van der Waals surface area contributed by atoms with E-state index in [4.69, 9.17) is 4.65 Å². The standard InChI is InChI=1S/C20H23BO7S2/c1-14(22)9-15-4-6-20(17(10-15)7-8-29(2,24)25)30(26,27)13-16-3-5-18-12-28-21(23)19(18)11-16/h3-6,10-11,23H,7-9,12-13H2,1-2H3. The van der Waals surface area contributed by atoms with Crippen LogP contribution in [0.25, 0.3) is 0 Å². The van der Waals surface area contributed by atoms with Crippen LogP contribution < -0.4 is 5.46 Å². The lowest BCUT2D eigenvalue weighted by molar-refractivity contribution is -0.116. The molecule has 10 heteroatoms. The molecule has 2 aromatic carbocycles. The van der Waals surface area contributed by atoms with E-state index in [2.05, 4.69) is 0 Å². The Kier molecular flexibility index (Phi) is 6.52. The highest BCUT2D eigenvalue weighted by Crippen LogP contribution is 2.24. The summed E-state index contributed by atoms with van der Waals surface area (Å²) in [5.41, 5.74) is 2.88. The number of carbonyl (C=O) groups is 1. The Hall–Kier alpha value is -2.01. The molecule has 30 heavy (non-hydrogen) atoms. The number of ketones is 1. The van der Waals surface area contributed by atoms with Gasteiger partial charge in [0.2, 0.25) is 0 Å². The van der Waals surface area contributed by atoms with Crippen LogP contribution in [0.3, 0.4) is 0 Å². The fourth-order valence-corrected chi connectivity index (χ4v) is 5.68.